The fourth-order valence-electron chi connectivity index (χ4n) is 1.45. The van der Waals surface area contributed by atoms with E-state index in [-0.39, 0.29) is 5.91 Å². The minimum absolute atomic E-state index is 0.000920. The fourth-order valence-corrected chi connectivity index (χ4v) is 1.45. The summed E-state index contributed by atoms with van der Waals surface area (Å²) in [6, 6.07) is 8.12. The molecule has 0 saturated carbocycles. The van der Waals surface area contributed by atoms with Crippen LogP contribution in [0.1, 0.15) is 24.5 Å². The minimum Gasteiger partial charge on any atom is -0.355 e. The molecule has 0 bridgehead atoms. The molecule has 0 fully saturated rings. The van der Waals surface area contributed by atoms with Crippen molar-refractivity contribution in [1.29, 1.82) is 0 Å². The molecule has 0 saturated heterocycles. The van der Waals surface area contributed by atoms with Crippen molar-refractivity contribution in [2.75, 3.05) is 7.05 Å². The van der Waals surface area contributed by atoms with E-state index < -0.39 is 0 Å². The van der Waals surface area contributed by atoms with E-state index in [4.69, 9.17) is 0 Å². The van der Waals surface area contributed by atoms with Crippen LogP contribution in [0.2, 0.25) is 0 Å². The molecule has 0 aliphatic rings. The van der Waals surface area contributed by atoms with E-state index in [1.54, 1.807) is 7.05 Å². The van der Waals surface area contributed by atoms with Crippen LogP contribution in [-0.4, -0.2) is 13.0 Å². The Bertz CT molecular complexity index is 380. The Labute approximate surface area is 91.0 Å². The fraction of sp³-hybridized carbons (Fsp3) is 0.308. The van der Waals surface area contributed by atoms with Crippen molar-refractivity contribution in [2.24, 2.45) is 0 Å². The maximum Gasteiger partial charge on any atom is 0.246 e. The molecule has 80 valence electrons. The monoisotopic (exact) mass is 203 g/mol. The third-order valence-electron chi connectivity index (χ3n) is 2.28. The normalized spacial score (nSPS) is 11.3. The van der Waals surface area contributed by atoms with Crippen molar-refractivity contribution in [3.63, 3.8) is 0 Å². The Morgan fingerprint density at radius 3 is 2.73 bits per heavy atom. The number of carbonyl (C=O) groups is 1. The van der Waals surface area contributed by atoms with Crippen LogP contribution in [0, 0.1) is 6.92 Å². The Balaban J connectivity index is 2.98. The Hall–Kier alpha value is -1.57. The Morgan fingerprint density at radius 2 is 2.20 bits per heavy atom. The lowest BCUT2D eigenvalue weighted by atomic mass is 10.1. The molecule has 1 rings (SSSR count). The standard InChI is InChI=1S/C13H17NO/c1-4-12(13(15)14-3)9-11-7-5-6-10(2)8-11/h5-9H,4H2,1-3H3,(H,14,15)/b12-9+. The van der Waals surface area contributed by atoms with Crippen LogP contribution in [0.5, 0.6) is 0 Å². The average Bonchev–Trinajstić information content (AvgIpc) is 2.25. The number of likely N-dealkylation sites (N-methyl/N-ethyl adjacent to an activating group) is 1. The van der Waals surface area contributed by atoms with Gasteiger partial charge >= 0.3 is 0 Å². The molecule has 0 atom stereocenters. The molecule has 2 heteroatoms. The van der Waals surface area contributed by atoms with Gasteiger partial charge in [-0.25, -0.2) is 0 Å². The highest BCUT2D eigenvalue weighted by Crippen LogP contribution is 2.11. The molecular weight excluding hydrogens is 186 g/mol. The summed E-state index contributed by atoms with van der Waals surface area (Å²) >= 11 is 0. The van der Waals surface area contributed by atoms with Gasteiger partial charge < -0.3 is 5.32 Å². The van der Waals surface area contributed by atoms with Gasteiger partial charge in [-0.15, -0.1) is 0 Å². The van der Waals surface area contributed by atoms with Crippen LogP contribution in [0.15, 0.2) is 29.8 Å². The van der Waals surface area contributed by atoms with E-state index in [1.165, 1.54) is 5.56 Å². The maximum atomic E-state index is 11.5. The number of amides is 1. The second-order valence-corrected chi connectivity index (χ2v) is 3.52. The minimum atomic E-state index is -0.000920. The number of benzene rings is 1. The first kappa shape index (κ1) is 11.5. The van der Waals surface area contributed by atoms with Gasteiger partial charge in [0.15, 0.2) is 0 Å². The second-order valence-electron chi connectivity index (χ2n) is 3.52. The quantitative estimate of drug-likeness (QED) is 0.751. The highest BCUT2D eigenvalue weighted by atomic mass is 16.1. The summed E-state index contributed by atoms with van der Waals surface area (Å²) in [6.45, 7) is 4.03. The number of hydrogen-bond acceptors (Lipinski definition) is 1. The molecule has 1 aromatic rings. The van der Waals surface area contributed by atoms with Crippen LogP contribution >= 0.6 is 0 Å². The average molecular weight is 203 g/mol. The van der Waals surface area contributed by atoms with E-state index in [0.29, 0.717) is 0 Å². The lowest BCUT2D eigenvalue weighted by Crippen LogP contribution is -2.19. The van der Waals surface area contributed by atoms with Crippen LogP contribution in [0.4, 0.5) is 0 Å². The van der Waals surface area contributed by atoms with Crippen LogP contribution in [-0.2, 0) is 4.79 Å². The third-order valence-corrected chi connectivity index (χ3v) is 2.28. The zero-order chi connectivity index (χ0) is 11.3. The van der Waals surface area contributed by atoms with Crippen LogP contribution in [0.3, 0.4) is 0 Å². The summed E-state index contributed by atoms with van der Waals surface area (Å²) in [5.74, 6) is -0.000920. The van der Waals surface area contributed by atoms with Crippen molar-refractivity contribution < 1.29 is 4.79 Å². The van der Waals surface area contributed by atoms with Crippen LogP contribution in [0.25, 0.3) is 6.08 Å². The van der Waals surface area contributed by atoms with Crippen molar-refractivity contribution >= 4 is 12.0 Å². The molecule has 0 unspecified atom stereocenters. The largest absolute Gasteiger partial charge is 0.355 e. The smallest absolute Gasteiger partial charge is 0.246 e. The van der Waals surface area contributed by atoms with E-state index in [0.717, 1.165) is 17.6 Å². The van der Waals surface area contributed by atoms with Gasteiger partial charge in [-0.1, -0.05) is 36.8 Å². The number of hydrogen-bond donors (Lipinski definition) is 1. The lowest BCUT2D eigenvalue weighted by Gasteiger charge is -2.03. The van der Waals surface area contributed by atoms with Crippen molar-refractivity contribution in [2.45, 2.75) is 20.3 Å². The van der Waals surface area contributed by atoms with Gasteiger partial charge in [0.25, 0.3) is 0 Å². The van der Waals surface area contributed by atoms with Gasteiger partial charge in [-0.05, 0) is 25.0 Å². The molecule has 1 aromatic carbocycles. The Kier molecular flexibility index (Phi) is 4.10. The van der Waals surface area contributed by atoms with Crippen molar-refractivity contribution in [3.8, 4) is 0 Å². The van der Waals surface area contributed by atoms with Gasteiger partial charge in [0.05, 0.1) is 0 Å². The summed E-state index contributed by atoms with van der Waals surface area (Å²) in [7, 11) is 1.65. The molecule has 0 radical (unpaired) electrons. The summed E-state index contributed by atoms with van der Waals surface area (Å²) in [5.41, 5.74) is 3.09. The molecule has 0 aliphatic carbocycles. The number of nitrogens with one attached hydrogen (secondary N) is 1. The molecule has 1 amide bonds. The van der Waals surface area contributed by atoms with Gasteiger partial charge in [-0.2, -0.15) is 0 Å². The van der Waals surface area contributed by atoms with Gasteiger partial charge in [-0.3, -0.25) is 4.79 Å². The first-order valence-electron chi connectivity index (χ1n) is 5.16. The van der Waals surface area contributed by atoms with Crippen molar-refractivity contribution in [1.82, 2.24) is 5.32 Å². The molecule has 0 aliphatic heterocycles. The molecule has 15 heavy (non-hydrogen) atoms. The zero-order valence-corrected chi connectivity index (χ0v) is 9.50. The Morgan fingerprint density at radius 1 is 1.47 bits per heavy atom. The topological polar surface area (TPSA) is 29.1 Å². The highest BCUT2D eigenvalue weighted by Gasteiger charge is 2.04. The lowest BCUT2D eigenvalue weighted by molar-refractivity contribution is -0.117. The molecule has 0 spiro atoms. The number of carbonyl (C=O) groups excluding carboxylic acids is 1. The van der Waals surface area contributed by atoms with Crippen LogP contribution < -0.4 is 5.32 Å². The number of rotatable bonds is 3. The van der Waals surface area contributed by atoms with Gasteiger partial charge in [0, 0.05) is 12.6 Å². The summed E-state index contributed by atoms with van der Waals surface area (Å²) in [6.07, 6.45) is 2.68. The summed E-state index contributed by atoms with van der Waals surface area (Å²) in [4.78, 5) is 11.5. The molecular formula is C13H17NO. The summed E-state index contributed by atoms with van der Waals surface area (Å²) in [5, 5.41) is 2.64. The molecule has 0 heterocycles. The third kappa shape index (κ3) is 3.24. The second kappa shape index (κ2) is 5.35. The van der Waals surface area contributed by atoms with E-state index >= 15 is 0 Å². The highest BCUT2D eigenvalue weighted by molar-refractivity contribution is 5.97. The maximum absolute atomic E-state index is 11.5. The summed E-state index contributed by atoms with van der Waals surface area (Å²) < 4.78 is 0. The molecule has 2 nitrogen and oxygen atoms in total. The first-order chi connectivity index (χ1) is 7.17. The van der Waals surface area contributed by atoms with Gasteiger partial charge in [0.1, 0.15) is 0 Å². The molecule has 1 N–H and O–H groups in total. The zero-order valence-electron chi connectivity index (χ0n) is 9.50. The molecule has 0 aromatic heterocycles. The van der Waals surface area contributed by atoms with Gasteiger partial charge in [0.2, 0.25) is 5.91 Å². The first-order valence-corrected chi connectivity index (χ1v) is 5.16. The number of aryl methyl sites for hydroxylation is 1. The van der Waals surface area contributed by atoms with Crippen molar-refractivity contribution in [3.05, 3.63) is 41.0 Å². The van der Waals surface area contributed by atoms with E-state index in [2.05, 4.69) is 11.4 Å². The SMILES string of the molecule is CC/C(=C\c1cccc(C)c1)C(=O)NC. The van der Waals surface area contributed by atoms with E-state index in [9.17, 15) is 4.79 Å². The predicted molar refractivity (Wildman–Crippen MR) is 63.5 cm³/mol. The van der Waals surface area contributed by atoms with E-state index in [1.807, 2.05) is 38.1 Å². The predicted octanol–water partition coefficient (Wildman–Crippen LogP) is 2.53.